The third kappa shape index (κ3) is 49.5. The summed E-state index contributed by atoms with van der Waals surface area (Å²) in [6.07, 6.45) is 11.9. The molecule has 0 aromatic carbocycles. The van der Waals surface area contributed by atoms with E-state index in [1.54, 1.807) is 13.8 Å². The van der Waals surface area contributed by atoms with Crippen molar-refractivity contribution in [1.82, 2.24) is 6.15 Å². The zero-order chi connectivity index (χ0) is 18.4. The summed E-state index contributed by atoms with van der Waals surface area (Å²) in [6.45, 7) is 6.17. The molecule has 24 heavy (non-hydrogen) atoms. The highest BCUT2D eigenvalue weighted by Crippen LogP contribution is 2.10. The van der Waals surface area contributed by atoms with Gasteiger partial charge in [0.1, 0.15) is 0 Å². The van der Waals surface area contributed by atoms with Crippen molar-refractivity contribution >= 4 is 10.4 Å². The van der Waals surface area contributed by atoms with E-state index in [0.717, 1.165) is 12.8 Å². The fraction of sp³-hybridized carbons (Fsp3) is 1.00. The highest BCUT2D eigenvalue weighted by atomic mass is 32.3. The first-order valence-electron chi connectivity index (χ1n) is 8.73. The molecule has 0 unspecified atom stereocenters. The van der Waals surface area contributed by atoms with Crippen molar-refractivity contribution in [2.24, 2.45) is 0 Å². The molecule has 0 saturated heterocycles. The van der Waals surface area contributed by atoms with E-state index in [0.29, 0.717) is 6.42 Å². The average molecular weight is 376 g/mol. The summed E-state index contributed by atoms with van der Waals surface area (Å²) in [7, 11) is -4.23. The molecular weight excluding hydrogens is 334 g/mol. The molecule has 0 rings (SSSR count). The maximum atomic E-state index is 10.2. The predicted octanol–water partition coefficient (Wildman–Crippen LogP) is 3.89. The Bertz CT molecular complexity index is 284. The number of hydrogen-bond acceptors (Lipinski definition) is 6. The van der Waals surface area contributed by atoms with Gasteiger partial charge in [0.25, 0.3) is 0 Å². The van der Waals surface area contributed by atoms with Crippen molar-refractivity contribution in [3.05, 3.63) is 0 Å². The third-order valence-corrected chi connectivity index (χ3v) is 3.19. The maximum absolute atomic E-state index is 10.2. The lowest BCUT2D eigenvalue weighted by molar-refractivity contribution is 0.261. The van der Waals surface area contributed by atoms with Crippen LogP contribution in [0.4, 0.5) is 0 Å². The van der Waals surface area contributed by atoms with Crippen LogP contribution in [0.15, 0.2) is 0 Å². The van der Waals surface area contributed by atoms with E-state index in [1.165, 1.54) is 44.9 Å². The number of hydrogen-bond donors (Lipinski definition) is 4. The van der Waals surface area contributed by atoms with Gasteiger partial charge in [-0.25, -0.2) is 4.18 Å². The molecule has 0 aromatic heterocycles. The Morgan fingerprint density at radius 3 is 1.29 bits per heavy atom. The Morgan fingerprint density at radius 2 is 1.00 bits per heavy atom. The van der Waals surface area contributed by atoms with Crippen LogP contribution in [0.5, 0.6) is 0 Å². The topological polar surface area (TPSA) is 139 Å². The second-order valence-electron chi connectivity index (χ2n) is 5.06. The van der Waals surface area contributed by atoms with Crippen LogP contribution in [-0.4, -0.2) is 43.0 Å². The molecule has 0 fully saturated rings. The Balaban J connectivity index is -0.000000248. The minimum absolute atomic E-state index is 0. The van der Waals surface area contributed by atoms with Crippen molar-refractivity contribution in [3.63, 3.8) is 0 Å². The van der Waals surface area contributed by atoms with E-state index in [-0.39, 0.29) is 26.0 Å². The molecule has 0 aliphatic heterocycles. The number of aliphatic hydroxyl groups excluding tert-OH is 2. The zero-order valence-electron chi connectivity index (χ0n) is 15.9. The summed E-state index contributed by atoms with van der Waals surface area (Å²) in [5, 5.41) is 15.1. The van der Waals surface area contributed by atoms with Crippen LogP contribution in [0, 0.1) is 0 Å². The standard InChI is InChI=1S/C12H26O4S.2C2H6O.H3N/c1-2-3-4-5-6-7-8-9-10-11-12-16-17(13,14)15;2*1-2-3;/h2-12H2,1H3,(H,13,14,15);2*3H,2H2,1H3;1H3. The highest BCUT2D eigenvalue weighted by molar-refractivity contribution is 7.80. The van der Waals surface area contributed by atoms with Crippen molar-refractivity contribution in [2.45, 2.75) is 85.0 Å². The fourth-order valence-corrected chi connectivity index (χ4v) is 2.08. The van der Waals surface area contributed by atoms with Gasteiger partial charge in [-0.3, -0.25) is 4.55 Å². The lowest BCUT2D eigenvalue weighted by Crippen LogP contribution is -2.04. The van der Waals surface area contributed by atoms with Gasteiger partial charge in [0.05, 0.1) is 6.61 Å². The molecule has 8 heteroatoms. The molecule has 0 atom stereocenters. The Morgan fingerprint density at radius 1 is 0.708 bits per heavy atom. The van der Waals surface area contributed by atoms with Gasteiger partial charge >= 0.3 is 10.4 Å². The first-order valence-corrected chi connectivity index (χ1v) is 10.1. The van der Waals surface area contributed by atoms with E-state index < -0.39 is 10.4 Å². The second kappa shape index (κ2) is 27.6. The predicted molar refractivity (Wildman–Crippen MR) is 99.9 cm³/mol. The van der Waals surface area contributed by atoms with Gasteiger partial charge in [-0.15, -0.1) is 0 Å². The number of aliphatic hydroxyl groups is 2. The van der Waals surface area contributed by atoms with Crippen LogP contribution in [0.2, 0.25) is 0 Å². The summed E-state index contributed by atoms with van der Waals surface area (Å²) in [5.74, 6) is 0. The van der Waals surface area contributed by atoms with Crippen LogP contribution < -0.4 is 6.15 Å². The van der Waals surface area contributed by atoms with Crippen molar-refractivity contribution < 1.29 is 27.4 Å². The van der Waals surface area contributed by atoms with Gasteiger partial charge in [-0.2, -0.15) is 8.42 Å². The summed E-state index contributed by atoms with van der Waals surface area (Å²) in [4.78, 5) is 0. The quantitative estimate of drug-likeness (QED) is 0.300. The fourth-order valence-electron chi connectivity index (χ4n) is 1.75. The molecule has 0 radical (unpaired) electrons. The Labute approximate surface area is 149 Å². The summed E-state index contributed by atoms with van der Waals surface area (Å²) in [5.41, 5.74) is 0. The molecule has 0 heterocycles. The van der Waals surface area contributed by atoms with Crippen LogP contribution in [-0.2, 0) is 14.6 Å². The third-order valence-electron chi connectivity index (χ3n) is 2.73. The van der Waals surface area contributed by atoms with E-state index in [1.807, 2.05) is 0 Å². The molecule has 7 nitrogen and oxygen atoms in total. The minimum atomic E-state index is -4.23. The van der Waals surface area contributed by atoms with Gasteiger partial charge in [0.15, 0.2) is 0 Å². The lowest BCUT2D eigenvalue weighted by Gasteiger charge is -2.02. The van der Waals surface area contributed by atoms with E-state index in [9.17, 15) is 8.42 Å². The maximum Gasteiger partial charge on any atom is 0.397 e. The van der Waals surface area contributed by atoms with Gasteiger partial charge in [0.2, 0.25) is 0 Å². The van der Waals surface area contributed by atoms with Crippen LogP contribution in [0.1, 0.15) is 85.0 Å². The van der Waals surface area contributed by atoms with Crippen molar-refractivity contribution in [3.8, 4) is 0 Å². The van der Waals surface area contributed by atoms with E-state index in [2.05, 4.69) is 11.1 Å². The summed E-state index contributed by atoms with van der Waals surface area (Å²) in [6, 6.07) is 0. The molecule has 0 aliphatic rings. The Hall–Kier alpha value is -0.250. The van der Waals surface area contributed by atoms with Crippen molar-refractivity contribution in [2.75, 3.05) is 19.8 Å². The van der Waals surface area contributed by atoms with E-state index >= 15 is 0 Å². The largest absolute Gasteiger partial charge is 0.397 e. The smallest absolute Gasteiger partial charge is 0.397 e. The zero-order valence-corrected chi connectivity index (χ0v) is 16.7. The van der Waals surface area contributed by atoms with Gasteiger partial charge in [0, 0.05) is 13.2 Å². The monoisotopic (exact) mass is 375 g/mol. The molecule has 6 N–H and O–H groups in total. The van der Waals surface area contributed by atoms with Crippen molar-refractivity contribution in [1.29, 1.82) is 0 Å². The molecule has 0 amide bonds. The Kier molecular flexibility index (Phi) is 36.2. The van der Waals surface area contributed by atoms with Crippen LogP contribution >= 0.6 is 0 Å². The number of unbranched alkanes of at least 4 members (excludes halogenated alkanes) is 9. The second-order valence-corrected chi connectivity index (χ2v) is 6.16. The normalized spacial score (nSPS) is 9.92. The first-order chi connectivity index (χ1) is 10.9. The SMILES string of the molecule is CCCCCCCCCCCCOS(=O)(=O)O.CCO.CCO.N. The molecule has 0 aliphatic carbocycles. The van der Waals surface area contributed by atoms with Gasteiger partial charge in [-0.1, -0.05) is 64.7 Å². The summed E-state index contributed by atoms with van der Waals surface area (Å²) < 4.78 is 33.0. The van der Waals surface area contributed by atoms with Gasteiger partial charge in [-0.05, 0) is 20.3 Å². The molecule has 0 bridgehead atoms. The number of rotatable bonds is 12. The first kappa shape index (κ1) is 31.5. The summed E-state index contributed by atoms with van der Waals surface area (Å²) >= 11 is 0. The average Bonchev–Trinajstić information content (AvgIpc) is 2.45. The minimum Gasteiger partial charge on any atom is -0.397 e. The van der Waals surface area contributed by atoms with Crippen LogP contribution in [0.25, 0.3) is 0 Å². The highest BCUT2D eigenvalue weighted by Gasteiger charge is 2.02. The molecule has 0 saturated carbocycles. The molecular formula is C16H41NO6S. The molecule has 0 aromatic rings. The van der Waals surface area contributed by atoms with E-state index in [4.69, 9.17) is 14.8 Å². The lowest BCUT2D eigenvalue weighted by atomic mass is 10.1. The molecule has 152 valence electrons. The van der Waals surface area contributed by atoms with Gasteiger partial charge < -0.3 is 16.4 Å². The van der Waals surface area contributed by atoms with Crippen LogP contribution in [0.3, 0.4) is 0 Å². The molecule has 0 spiro atoms.